The van der Waals surface area contributed by atoms with Crippen LogP contribution in [0.15, 0.2) is 61.2 Å². The summed E-state index contributed by atoms with van der Waals surface area (Å²) < 4.78 is 1.91. The van der Waals surface area contributed by atoms with Crippen LogP contribution in [-0.2, 0) is 13.1 Å². The van der Waals surface area contributed by atoms with Gasteiger partial charge in [0.1, 0.15) is 0 Å². The second-order valence-electron chi connectivity index (χ2n) is 11.2. The van der Waals surface area contributed by atoms with Crippen LogP contribution < -0.4 is 10.6 Å². The van der Waals surface area contributed by atoms with E-state index in [1.54, 1.807) is 18.6 Å². The van der Waals surface area contributed by atoms with Gasteiger partial charge in [-0.05, 0) is 68.3 Å². The first kappa shape index (κ1) is 30.0. The molecule has 3 heterocycles. The third-order valence-electron chi connectivity index (χ3n) is 7.71. The molecule has 222 valence electrons. The molecule has 2 aromatic carbocycles. The fraction of sp³-hybridized carbons (Fsp3) is 0.353. The van der Waals surface area contributed by atoms with Gasteiger partial charge in [0.05, 0.1) is 17.4 Å². The SMILES string of the molecule is CCCCn1cc(Nc2ncc(C#Cc3cc(C(=O)Nc4ccc(CN5CCN(C)CC5)c(C)c4)ccc3C)cn2)cn1. The summed E-state index contributed by atoms with van der Waals surface area (Å²) in [6, 6.07) is 11.8. The molecule has 0 saturated carbocycles. The Morgan fingerprint density at radius 1 is 0.930 bits per heavy atom. The lowest BCUT2D eigenvalue weighted by Crippen LogP contribution is -2.43. The Labute approximate surface area is 254 Å². The summed E-state index contributed by atoms with van der Waals surface area (Å²) in [5.41, 5.74) is 7.13. The van der Waals surface area contributed by atoms with Crippen molar-refractivity contribution in [2.24, 2.45) is 0 Å². The Bertz CT molecular complexity index is 1610. The number of amides is 1. The van der Waals surface area contributed by atoms with Crippen molar-refractivity contribution in [3.63, 3.8) is 0 Å². The summed E-state index contributed by atoms with van der Waals surface area (Å²) in [6.45, 7) is 12.4. The van der Waals surface area contributed by atoms with Crippen LogP contribution in [0.25, 0.3) is 0 Å². The second-order valence-corrected chi connectivity index (χ2v) is 11.2. The molecular weight excluding hydrogens is 536 g/mol. The molecule has 5 rings (SSSR count). The normalized spacial score (nSPS) is 13.8. The van der Waals surface area contributed by atoms with Crippen molar-refractivity contribution in [3.8, 4) is 11.8 Å². The number of nitrogens with one attached hydrogen (secondary N) is 2. The molecule has 1 aliphatic heterocycles. The van der Waals surface area contributed by atoms with E-state index in [2.05, 4.69) is 80.4 Å². The molecule has 2 aromatic heterocycles. The Balaban J connectivity index is 1.20. The molecule has 1 amide bonds. The minimum absolute atomic E-state index is 0.161. The molecule has 9 nitrogen and oxygen atoms in total. The Hall–Kier alpha value is -4.52. The smallest absolute Gasteiger partial charge is 0.255 e. The van der Waals surface area contributed by atoms with Gasteiger partial charge in [0.2, 0.25) is 5.95 Å². The number of piperazine rings is 1. The lowest BCUT2D eigenvalue weighted by Gasteiger charge is -2.32. The van der Waals surface area contributed by atoms with E-state index in [0.29, 0.717) is 17.1 Å². The Kier molecular flexibility index (Phi) is 9.82. The first-order chi connectivity index (χ1) is 20.9. The average Bonchev–Trinajstić information content (AvgIpc) is 3.46. The molecule has 1 saturated heterocycles. The highest BCUT2D eigenvalue weighted by Gasteiger charge is 2.15. The lowest BCUT2D eigenvalue weighted by atomic mass is 10.0. The lowest BCUT2D eigenvalue weighted by molar-refractivity contribution is 0.102. The molecule has 9 heteroatoms. The Morgan fingerprint density at radius 3 is 2.47 bits per heavy atom. The molecule has 43 heavy (non-hydrogen) atoms. The van der Waals surface area contributed by atoms with Gasteiger partial charge >= 0.3 is 0 Å². The molecule has 0 spiro atoms. The van der Waals surface area contributed by atoms with Gasteiger partial charge in [0.25, 0.3) is 5.91 Å². The van der Waals surface area contributed by atoms with Crippen molar-refractivity contribution in [2.75, 3.05) is 43.9 Å². The summed E-state index contributed by atoms with van der Waals surface area (Å²) in [7, 11) is 2.17. The van der Waals surface area contributed by atoms with E-state index in [1.807, 2.05) is 42.1 Å². The molecule has 0 radical (unpaired) electrons. The highest BCUT2D eigenvalue weighted by molar-refractivity contribution is 6.04. The van der Waals surface area contributed by atoms with Gasteiger partial charge in [-0.2, -0.15) is 5.10 Å². The van der Waals surface area contributed by atoms with Crippen LogP contribution in [0.1, 0.15) is 57.9 Å². The number of aryl methyl sites for hydroxylation is 3. The third-order valence-corrected chi connectivity index (χ3v) is 7.71. The molecule has 0 bridgehead atoms. The largest absolute Gasteiger partial charge is 0.322 e. The van der Waals surface area contributed by atoms with Crippen LogP contribution >= 0.6 is 0 Å². The summed E-state index contributed by atoms with van der Waals surface area (Å²) in [5.74, 6) is 6.64. The van der Waals surface area contributed by atoms with E-state index in [4.69, 9.17) is 0 Å². The quantitative estimate of drug-likeness (QED) is 0.264. The zero-order chi connectivity index (χ0) is 30.2. The number of carbonyl (C=O) groups excluding carboxylic acids is 1. The number of likely N-dealkylation sites (N-methyl/N-ethyl adjacent to an activating group) is 1. The van der Waals surface area contributed by atoms with E-state index in [-0.39, 0.29) is 5.91 Å². The van der Waals surface area contributed by atoms with Crippen LogP contribution in [-0.4, -0.2) is 68.7 Å². The van der Waals surface area contributed by atoms with E-state index in [0.717, 1.165) is 74.6 Å². The number of hydrogen-bond donors (Lipinski definition) is 2. The molecule has 2 N–H and O–H groups in total. The summed E-state index contributed by atoms with van der Waals surface area (Å²) in [5, 5.41) is 10.6. The monoisotopic (exact) mass is 576 g/mol. The molecule has 0 aliphatic carbocycles. The fourth-order valence-corrected chi connectivity index (χ4v) is 4.90. The van der Waals surface area contributed by atoms with Crippen molar-refractivity contribution in [3.05, 3.63) is 94.6 Å². The van der Waals surface area contributed by atoms with E-state index in [1.165, 1.54) is 11.1 Å². The number of benzene rings is 2. The Morgan fingerprint density at radius 2 is 1.72 bits per heavy atom. The number of hydrogen-bond acceptors (Lipinski definition) is 7. The van der Waals surface area contributed by atoms with E-state index in [9.17, 15) is 4.79 Å². The minimum Gasteiger partial charge on any atom is -0.322 e. The van der Waals surface area contributed by atoms with Crippen LogP contribution in [0, 0.1) is 25.7 Å². The summed E-state index contributed by atoms with van der Waals surface area (Å²) in [4.78, 5) is 26.8. The highest BCUT2D eigenvalue weighted by atomic mass is 16.1. The molecular formula is C34H40N8O. The number of unbranched alkanes of at least 4 members (excludes halogenated alkanes) is 1. The molecule has 4 aromatic rings. The van der Waals surface area contributed by atoms with Crippen molar-refractivity contribution in [2.45, 2.75) is 46.7 Å². The predicted molar refractivity (Wildman–Crippen MR) is 172 cm³/mol. The first-order valence-corrected chi connectivity index (χ1v) is 14.9. The third kappa shape index (κ3) is 8.28. The zero-order valence-corrected chi connectivity index (χ0v) is 25.5. The number of rotatable bonds is 9. The standard InChI is InChI=1S/C34H40N8O/c1-5-6-13-42-24-32(22-37-42)39-34-35-20-27(21-36-34)8-10-28-19-29(9-7-25(28)2)33(43)38-31-12-11-30(26(3)18-31)23-41-16-14-40(4)15-17-41/h7,9,11-12,18-22,24H,5-6,13-17,23H2,1-4H3,(H,38,43)(H,35,36,39). The first-order valence-electron chi connectivity index (χ1n) is 14.9. The predicted octanol–water partition coefficient (Wildman–Crippen LogP) is 5.23. The number of anilines is 3. The van der Waals surface area contributed by atoms with Crippen molar-refractivity contribution in [1.29, 1.82) is 0 Å². The van der Waals surface area contributed by atoms with Crippen LogP contribution in [0.5, 0.6) is 0 Å². The van der Waals surface area contributed by atoms with Gasteiger partial charge in [0.15, 0.2) is 0 Å². The van der Waals surface area contributed by atoms with Gasteiger partial charge in [-0.25, -0.2) is 9.97 Å². The topological polar surface area (TPSA) is 91.2 Å². The second kappa shape index (κ2) is 14.1. The average molecular weight is 577 g/mol. The van der Waals surface area contributed by atoms with Crippen LogP contribution in [0.2, 0.25) is 0 Å². The fourth-order valence-electron chi connectivity index (χ4n) is 4.90. The van der Waals surface area contributed by atoms with Gasteiger partial charge in [-0.3, -0.25) is 14.4 Å². The summed E-state index contributed by atoms with van der Waals surface area (Å²) >= 11 is 0. The van der Waals surface area contributed by atoms with Gasteiger partial charge in [0, 0.05) is 74.7 Å². The van der Waals surface area contributed by atoms with Gasteiger partial charge < -0.3 is 15.5 Å². The molecule has 1 fully saturated rings. The van der Waals surface area contributed by atoms with Crippen LogP contribution in [0.3, 0.4) is 0 Å². The van der Waals surface area contributed by atoms with Gasteiger partial charge in [-0.1, -0.05) is 37.3 Å². The number of carbonyl (C=O) groups is 1. The molecule has 0 atom stereocenters. The minimum atomic E-state index is -0.161. The van der Waals surface area contributed by atoms with E-state index < -0.39 is 0 Å². The van der Waals surface area contributed by atoms with Crippen molar-refractivity contribution < 1.29 is 4.79 Å². The number of nitrogens with zero attached hydrogens (tertiary/aromatic N) is 6. The maximum absolute atomic E-state index is 13.1. The van der Waals surface area contributed by atoms with Crippen molar-refractivity contribution in [1.82, 2.24) is 29.5 Å². The van der Waals surface area contributed by atoms with Crippen molar-refractivity contribution >= 4 is 23.2 Å². The maximum atomic E-state index is 13.1. The maximum Gasteiger partial charge on any atom is 0.255 e. The van der Waals surface area contributed by atoms with Crippen LogP contribution in [0.4, 0.5) is 17.3 Å². The number of aromatic nitrogens is 4. The highest BCUT2D eigenvalue weighted by Crippen LogP contribution is 2.20. The van der Waals surface area contributed by atoms with E-state index >= 15 is 0 Å². The zero-order valence-electron chi connectivity index (χ0n) is 25.5. The molecule has 0 unspecified atom stereocenters. The molecule has 1 aliphatic rings. The van der Waals surface area contributed by atoms with Gasteiger partial charge in [-0.15, -0.1) is 0 Å². The summed E-state index contributed by atoms with van der Waals surface area (Å²) in [6.07, 6.45) is 9.30.